The van der Waals surface area contributed by atoms with Gasteiger partial charge in [0.05, 0.1) is 12.8 Å². The van der Waals surface area contributed by atoms with Gasteiger partial charge in [-0.1, -0.05) is 12.1 Å². The molecule has 1 saturated heterocycles. The standard InChI is InChI=1S/C23H26N2O5S/c1-14-13-17-16(3)20(23(26)25-11-7-8-12-25)30-21(17)22(15(14)2)31(27,28)24-18-9-5-6-10-19(18)29-4/h5-6,9-10,13,24H,7-8,11-12H2,1-4H3. The molecule has 1 aromatic heterocycles. The van der Waals surface area contributed by atoms with Crippen LogP contribution in [0.5, 0.6) is 5.75 Å². The maximum absolute atomic E-state index is 13.5. The van der Waals surface area contributed by atoms with Gasteiger partial charge in [0.15, 0.2) is 11.3 Å². The lowest BCUT2D eigenvalue weighted by Gasteiger charge is -2.15. The van der Waals surface area contributed by atoms with Crippen LogP contribution in [0.2, 0.25) is 0 Å². The zero-order valence-corrected chi connectivity index (χ0v) is 18.9. The number of anilines is 1. The second kappa shape index (κ2) is 7.92. The molecule has 1 N–H and O–H groups in total. The van der Waals surface area contributed by atoms with Gasteiger partial charge in [-0.2, -0.15) is 0 Å². The summed E-state index contributed by atoms with van der Waals surface area (Å²) in [4.78, 5) is 14.8. The molecule has 2 aromatic carbocycles. The van der Waals surface area contributed by atoms with E-state index in [0.29, 0.717) is 41.0 Å². The van der Waals surface area contributed by atoms with E-state index in [2.05, 4.69) is 4.72 Å². The number of hydrogen-bond donors (Lipinski definition) is 1. The van der Waals surface area contributed by atoms with Gasteiger partial charge >= 0.3 is 0 Å². The van der Waals surface area contributed by atoms with Crippen LogP contribution in [0.15, 0.2) is 39.6 Å². The van der Waals surface area contributed by atoms with E-state index in [-0.39, 0.29) is 22.1 Å². The number of rotatable bonds is 5. The summed E-state index contributed by atoms with van der Waals surface area (Å²) >= 11 is 0. The van der Waals surface area contributed by atoms with Crippen molar-refractivity contribution in [3.63, 3.8) is 0 Å². The molecule has 0 aliphatic carbocycles. The van der Waals surface area contributed by atoms with Crippen LogP contribution in [0, 0.1) is 20.8 Å². The van der Waals surface area contributed by atoms with Crippen LogP contribution in [0.4, 0.5) is 5.69 Å². The largest absolute Gasteiger partial charge is 0.495 e. The number of likely N-dealkylation sites (tertiary alicyclic amines) is 1. The van der Waals surface area contributed by atoms with Crippen LogP contribution >= 0.6 is 0 Å². The third-order valence-electron chi connectivity index (χ3n) is 5.90. The average molecular weight is 443 g/mol. The van der Waals surface area contributed by atoms with Crippen LogP contribution in [0.1, 0.15) is 40.1 Å². The summed E-state index contributed by atoms with van der Waals surface area (Å²) in [7, 11) is -2.54. The molecule has 1 aliphatic rings. The number of aryl methyl sites for hydroxylation is 2. The van der Waals surface area contributed by atoms with E-state index in [1.165, 1.54) is 7.11 Å². The lowest BCUT2D eigenvalue weighted by atomic mass is 10.0. The van der Waals surface area contributed by atoms with Crippen LogP contribution in [0.25, 0.3) is 11.0 Å². The lowest BCUT2D eigenvalue weighted by Crippen LogP contribution is -2.27. The van der Waals surface area contributed by atoms with Gasteiger partial charge in [0.1, 0.15) is 10.6 Å². The van der Waals surface area contributed by atoms with Crippen molar-refractivity contribution < 1.29 is 22.4 Å². The predicted molar refractivity (Wildman–Crippen MR) is 119 cm³/mol. The molecule has 0 spiro atoms. The molecule has 1 fully saturated rings. The van der Waals surface area contributed by atoms with Crippen LogP contribution in [-0.4, -0.2) is 39.4 Å². The number of ether oxygens (including phenoxy) is 1. The van der Waals surface area contributed by atoms with Gasteiger partial charge in [-0.15, -0.1) is 0 Å². The quantitative estimate of drug-likeness (QED) is 0.633. The zero-order chi connectivity index (χ0) is 22.3. The Morgan fingerprint density at radius 2 is 1.77 bits per heavy atom. The minimum Gasteiger partial charge on any atom is -0.495 e. The van der Waals surface area contributed by atoms with Crippen molar-refractivity contribution in [2.24, 2.45) is 0 Å². The fraction of sp³-hybridized carbons (Fsp3) is 0.348. The van der Waals surface area contributed by atoms with Gasteiger partial charge in [0, 0.05) is 24.0 Å². The van der Waals surface area contributed by atoms with Crippen molar-refractivity contribution in [1.82, 2.24) is 4.90 Å². The third-order valence-corrected chi connectivity index (χ3v) is 7.42. The van der Waals surface area contributed by atoms with E-state index >= 15 is 0 Å². The van der Waals surface area contributed by atoms with Crippen LogP contribution < -0.4 is 9.46 Å². The molecule has 31 heavy (non-hydrogen) atoms. The Morgan fingerprint density at radius 1 is 1.10 bits per heavy atom. The van der Waals surface area contributed by atoms with Gasteiger partial charge in [-0.25, -0.2) is 8.42 Å². The summed E-state index contributed by atoms with van der Waals surface area (Å²) in [5, 5.41) is 0.631. The van der Waals surface area contributed by atoms with Crippen molar-refractivity contribution >= 4 is 32.6 Å². The van der Waals surface area contributed by atoms with E-state index in [0.717, 1.165) is 18.4 Å². The Morgan fingerprint density at radius 3 is 2.45 bits per heavy atom. The van der Waals surface area contributed by atoms with E-state index in [1.54, 1.807) is 43.0 Å². The van der Waals surface area contributed by atoms with Crippen molar-refractivity contribution in [1.29, 1.82) is 0 Å². The molecule has 0 saturated carbocycles. The maximum atomic E-state index is 13.5. The molecule has 164 valence electrons. The summed E-state index contributed by atoms with van der Waals surface area (Å²) in [5.41, 5.74) is 2.56. The highest BCUT2D eigenvalue weighted by Crippen LogP contribution is 2.37. The highest BCUT2D eigenvalue weighted by Gasteiger charge is 2.30. The molecule has 0 bridgehead atoms. The van der Waals surface area contributed by atoms with Gasteiger partial charge in [0.2, 0.25) is 0 Å². The van der Waals surface area contributed by atoms with Gasteiger partial charge in [0.25, 0.3) is 15.9 Å². The molecule has 0 unspecified atom stereocenters. The SMILES string of the molecule is COc1ccccc1NS(=O)(=O)c1c(C)c(C)cc2c(C)c(C(=O)N3CCCC3)oc12. The first-order chi connectivity index (χ1) is 14.7. The number of nitrogens with zero attached hydrogens (tertiary/aromatic N) is 1. The molecule has 3 aromatic rings. The number of hydrogen-bond acceptors (Lipinski definition) is 5. The lowest BCUT2D eigenvalue weighted by molar-refractivity contribution is 0.0762. The summed E-state index contributed by atoms with van der Waals surface area (Å²) in [6.07, 6.45) is 1.93. The second-order valence-corrected chi connectivity index (χ2v) is 9.50. The first-order valence-corrected chi connectivity index (χ1v) is 11.7. The molecular weight excluding hydrogens is 416 g/mol. The van der Waals surface area contributed by atoms with E-state index in [9.17, 15) is 13.2 Å². The summed E-state index contributed by atoms with van der Waals surface area (Å²) in [5.74, 6) is 0.423. The van der Waals surface area contributed by atoms with Crippen molar-refractivity contribution in [3.05, 3.63) is 52.8 Å². The highest BCUT2D eigenvalue weighted by atomic mass is 32.2. The predicted octanol–water partition coefficient (Wildman–Crippen LogP) is 4.40. The minimum absolute atomic E-state index is 0.0389. The number of nitrogens with one attached hydrogen (secondary N) is 1. The smallest absolute Gasteiger partial charge is 0.289 e. The summed E-state index contributed by atoms with van der Waals surface area (Å²) in [6.45, 7) is 6.77. The third kappa shape index (κ3) is 3.65. The Kier molecular flexibility index (Phi) is 5.43. The molecule has 0 radical (unpaired) electrons. The van der Waals surface area contributed by atoms with Crippen LogP contribution in [-0.2, 0) is 10.0 Å². The number of sulfonamides is 1. The van der Waals surface area contributed by atoms with Crippen molar-refractivity contribution in [2.75, 3.05) is 24.9 Å². The highest BCUT2D eigenvalue weighted by molar-refractivity contribution is 7.93. The Bertz CT molecular complexity index is 1270. The Balaban J connectivity index is 1.87. The fourth-order valence-electron chi connectivity index (χ4n) is 4.06. The van der Waals surface area contributed by atoms with Gasteiger partial charge < -0.3 is 14.1 Å². The zero-order valence-electron chi connectivity index (χ0n) is 18.1. The number of carbonyl (C=O) groups is 1. The number of para-hydroxylation sites is 2. The van der Waals surface area contributed by atoms with E-state index in [4.69, 9.17) is 9.15 Å². The molecule has 0 atom stereocenters. The number of methoxy groups -OCH3 is 1. The number of furan rings is 1. The van der Waals surface area contributed by atoms with E-state index < -0.39 is 10.0 Å². The number of benzene rings is 2. The van der Waals surface area contributed by atoms with Gasteiger partial charge in [-0.05, 0) is 62.9 Å². The normalized spacial score (nSPS) is 14.3. The Labute approximate surface area is 182 Å². The number of fused-ring (bicyclic) bond motifs is 1. The number of amides is 1. The van der Waals surface area contributed by atoms with Gasteiger partial charge in [-0.3, -0.25) is 9.52 Å². The Hall–Kier alpha value is -3.00. The first-order valence-electron chi connectivity index (χ1n) is 10.2. The van der Waals surface area contributed by atoms with Crippen LogP contribution in [0.3, 0.4) is 0 Å². The van der Waals surface area contributed by atoms with E-state index in [1.807, 2.05) is 13.0 Å². The molecule has 8 heteroatoms. The topological polar surface area (TPSA) is 88.8 Å². The van der Waals surface area contributed by atoms with Crippen molar-refractivity contribution in [3.8, 4) is 5.75 Å². The molecule has 1 amide bonds. The molecule has 7 nitrogen and oxygen atoms in total. The minimum atomic E-state index is -4.02. The van der Waals surface area contributed by atoms with Crippen molar-refractivity contribution in [2.45, 2.75) is 38.5 Å². The monoisotopic (exact) mass is 442 g/mol. The summed E-state index contributed by atoms with van der Waals surface area (Å²) < 4.78 is 40.8. The first kappa shape index (κ1) is 21.2. The maximum Gasteiger partial charge on any atom is 0.289 e. The number of carbonyl (C=O) groups excluding carboxylic acids is 1. The molecule has 1 aliphatic heterocycles. The fourth-order valence-corrected chi connectivity index (χ4v) is 5.58. The summed E-state index contributed by atoms with van der Waals surface area (Å²) in [6, 6.07) is 8.68. The molecular formula is C23H26N2O5S. The average Bonchev–Trinajstić information content (AvgIpc) is 3.37. The second-order valence-electron chi connectivity index (χ2n) is 7.89. The molecule has 4 rings (SSSR count). The molecule has 2 heterocycles.